The van der Waals surface area contributed by atoms with Gasteiger partial charge in [-0.25, -0.2) is 10.8 Å². The molecule has 2 unspecified atom stereocenters. The highest BCUT2D eigenvalue weighted by atomic mass is 16.2. The smallest absolute Gasteiger partial charge is 0.255 e. The molecule has 0 aromatic carbocycles. The fraction of sp³-hybridized carbons (Fsp3) is 0.600. The highest BCUT2D eigenvalue weighted by molar-refractivity contribution is 5.94. The van der Waals surface area contributed by atoms with Crippen molar-refractivity contribution >= 4 is 11.7 Å². The molecule has 21 heavy (non-hydrogen) atoms. The summed E-state index contributed by atoms with van der Waals surface area (Å²) >= 11 is 0. The average Bonchev–Trinajstić information content (AvgIpc) is 2.53. The molecule has 2 fully saturated rings. The highest BCUT2D eigenvalue weighted by Gasteiger charge is 2.35. The Bertz CT molecular complexity index is 503. The average molecular weight is 289 g/mol. The minimum atomic E-state index is 0.0730. The van der Waals surface area contributed by atoms with Crippen molar-refractivity contribution in [1.82, 2.24) is 14.8 Å². The molecular formula is C15H23N5O. The largest absolute Gasteiger partial charge is 0.333 e. The minimum absolute atomic E-state index is 0.0730. The lowest BCUT2D eigenvalue weighted by atomic mass is 9.96. The lowest BCUT2D eigenvalue weighted by Crippen LogP contribution is -2.60. The number of hydrazine groups is 1. The third kappa shape index (κ3) is 2.87. The summed E-state index contributed by atoms with van der Waals surface area (Å²) < 4.78 is 0. The van der Waals surface area contributed by atoms with Crippen LogP contribution in [0.5, 0.6) is 0 Å². The van der Waals surface area contributed by atoms with Crippen LogP contribution in [0.1, 0.15) is 36.5 Å². The first-order chi connectivity index (χ1) is 10.2. The van der Waals surface area contributed by atoms with E-state index < -0.39 is 0 Å². The highest BCUT2D eigenvalue weighted by Crippen LogP contribution is 2.25. The first kappa shape index (κ1) is 14.3. The van der Waals surface area contributed by atoms with E-state index in [0.717, 1.165) is 13.1 Å². The molecule has 1 amide bonds. The molecule has 1 aromatic rings. The van der Waals surface area contributed by atoms with Gasteiger partial charge >= 0.3 is 0 Å². The van der Waals surface area contributed by atoms with Crippen LogP contribution in [0.2, 0.25) is 0 Å². The number of piperidine rings is 1. The first-order valence-electron chi connectivity index (χ1n) is 7.66. The number of piperazine rings is 1. The van der Waals surface area contributed by atoms with Gasteiger partial charge in [0.2, 0.25) is 0 Å². The summed E-state index contributed by atoms with van der Waals surface area (Å²) in [5, 5.41) is 0. The number of carbonyl (C=O) groups excluding carboxylic acids is 1. The number of anilines is 1. The third-order valence-electron chi connectivity index (χ3n) is 4.61. The normalized spacial score (nSPS) is 26.3. The van der Waals surface area contributed by atoms with Gasteiger partial charge in [0.1, 0.15) is 5.82 Å². The molecule has 2 atom stereocenters. The summed E-state index contributed by atoms with van der Waals surface area (Å²) in [5.74, 6) is 5.94. The summed E-state index contributed by atoms with van der Waals surface area (Å²) in [7, 11) is 0. The summed E-state index contributed by atoms with van der Waals surface area (Å²) in [6, 6.07) is 4.29. The second-order valence-corrected chi connectivity index (χ2v) is 6.03. The van der Waals surface area contributed by atoms with Crippen LogP contribution in [-0.2, 0) is 0 Å². The Morgan fingerprint density at radius 2 is 2.24 bits per heavy atom. The van der Waals surface area contributed by atoms with E-state index in [0.29, 0.717) is 17.4 Å². The van der Waals surface area contributed by atoms with Crippen molar-refractivity contribution < 1.29 is 4.79 Å². The topological polar surface area (TPSA) is 74.5 Å². The standard InChI is InChI=1S/C15H23N5O/c1-11-9-19-7-3-2-4-13(19)10-20(11)15(21)12-5-6-14(18-16)17-8-12/h5-6,8,11,13H,2-4,7,9-10,16H2,1H3,(H,17,18). The van der Waals surface area contributed by atoms with Crippen molar-refractivity contribution in [2.75, 3.05) is 25.1 Å². The number of fused-ring (bicyclic) bond motifs is 1. The van der Waals surface area contributed by atoms with Crippen LogP contribution in [0.15, 0.2) is 18.3 Å². The molecule has 0 spiro atoms. The van der Waals surface area contributed by atoms with E-state index >= 15 is 0 Å². The molecular weight excluding hydrogens is 266 g/mol. The van der Waals surface area contributed by atoms with Gasteiger partial charge in [-0.2, -0.15) is 0 Å². The van der Waals surface area contributed by atoms with E-state index in [9.17, 15) is 4.79 Å². The zero-order valence-corrected chi connectivity index (χ0v) is 12.5. The molecule has 2 aliphatic rings. The zero-order valence-electron chi connectivity index (χ0n) is 12.5. The van der Waals surface area contributed by atoms with Crippen molar-refractivity contribution in [3.05, 3.63) is 23.9 Å². The van der Waals surface area contributed by atoms with E-state index in [2.05, 4.69) is 22.2 Å². The monoisotopic (exact) mass is 289 g/mol. The second kappa shape index (κ2) is 5.99. The maximum atomic E-state index is 12.7. The van der Waals surface area contributed by atoms with Gasteiger partial charge in [-0.3, -0.25) is 9.69 Å². The minimum Gasteiger partial charge on any atom is -0.333 e. The molecule has 0 saturated carbocycles. The Labute approximate surface area is 125 Å². The third-order valence-corrected chi connectivity index (χ3v) is 4.61. The number of amides is 1. The Hall–Kier alpha value is -1.66. The van der Waals surface area contributed by atoms with Gasteiger partial charge in [0, 0.05) is 31.4 Å². The van der Waals surface area contributed by atoms with E-state index in [-0.39, 0.29) is 11.9 Å². The summed E-state index contributed by atoms with van der Waals surface area (Å²) in [6.45, 7) is 5.12. The SMILES string of the molecule is CC1CN2CCCCC2CN1C(=O)c1ccc(NN)nc1. The molecule has 3 rings (SSSR count). The van der Waals surface area contributed by atoms with Crippen molar-refractivity contribution in [1.29, 1.82) is 0 Å². The van der Waals surface area contributed by atoms with Gasteiger partial charge in [-0.05, 0) is 38.4 Å². The summed E-state index contributed by atoms with van der Waals surface area (Å²) in [4.78, 5) is 21.4. The Balaban J connectivity index is 1.73. The quantitative estimate of drug-likeness (QED) is 0.629. The van der Waals surface area contributed by atoms with Crippen LogP contribution in [-0.4, -0.2) is 52.4 Å². The maximum absolute atomic E-state index is 12.7. The lowest BCUT2D eigenvalue weighted by molar-refractivity contribution is 0.0151. The Morgan fingerprint density at radius 3 is 2.95 bits per heavy atom. The number of nitrogens with two attached hydrogens (primary N) is 1. The van der Waals surface area contributed by atoms with Crippen molar-refractivity contribution in [2.24, 2.45) is 5.84 Å². The molecule has 0 radical (unpaired) electrons. The van der Waals surface area contributed by atoms with Crippen molar-refractivity contribution in [2.45, 2.75) is 38.3 Å². The number of rotatable bonds is 2. The Kier molecular flexibility index (Phi) is 4.07. The lowest BCUT2D eigenvalue weighted by Gasteiger charge is -2.47. The zero-order chi connectivity index (χ0) is 14.8. The van der Waals surface area contributed by atoms with Crippen LogP contribution in [0.25, 0.3) is 0 Å². The number of nitrogens with one attached hydrogen (secondary N) is 1. The number of pyridine rings is 1. The molecule has 6 heteroatoms. The van der Waals surface area contributed by atoms with Crippen LogP contribution in [0.3, 0.4) is 0 Å². The summed E-state index contributed by atoms with van der Waals surface area (Å²) in [5.41, 5.74) is 3.11. The molecule has 3 heterocycles. The number of carbonyl (C=O) groups is 1. The predicted octanol–water partition coefficient (Wildman–Crippen LogP) is 1.07. The van der Waals surface area contributed by atoms with E-state index in [1.807, 2.05) is 4.90 Å². The van der Waals surface area contributed by atoms with E-state index in [1.165, 1.54) is 25.8 Å². The van der Waals surface area contributed by atoms with Gasteiger partial charge in [-0.15, -0.1) is 0 Å². The number of aromatic nitrogens is 1. The number of nitrogen functional groups attached to an aromatic ring is 1. The second-order valence-electron chi connectivity index (χ2n) is 6.03. The predicted molar refractivity (Wildman–Crippen MR) is 81.8 cm³/mol. The molecule has 6 nitrogen and oxygen atoms in total. The molecule has 0 bridgehead atoms. The molecule has 3 N–H and O–H groups in total. The molecule has 114 valence electrons. The van der Waals surface area contributed by atoms with E-state index in [1.54, 1.807) is 18.3 Å². The van der Waals surface area contributed by atoms with Gasteiger partial charge in [0.25, 0.3) is 5.91 Å². The van der Waals surface area contributed by atoms with Crippen LogP contribution in [0, 0.1) is 0 Å². The molecule has 2 aliphatic heterocycles. The number of nitrogens with zero attached hydrogens (tertiary/aromatic N) is 3. The van der Waals surface area contributed by atoms with Crippen molar-refractivity contribution in [3.63, 3.8) is 0 Å². The molecule has 2 saturated heterocycles. The van der Waals surface area contributed by atoms with Gasteiger partial charge in [-0.1, -0.05) is 6.42 Å². The molecule has 0 aliphatic carbocycles. The molecule has 1 aromatic heterocycles. The first-order valence-corrected chi connectivity index (χ1v) is 7.66. The number of hydrogen-bond donors (Lipinski definition) is 2. The van der Waals surface area contributed by atoms with Crippen molar-refractivity contribution in [3.8, 4) is 0 Å². The summed E-state index contributed by atoms with van der Waals surface area (Å²) in [6.07, 6.45) is 5.35. The number of hydrogen-bond acceptors (Lipinski definition) is 5. The van der Waals surface area contributed by atoms with Gasteiger partial charge < -0.3 is 10.3 Å². The van der Waals surface area contributed by atoms with Gasteiger partial charge in [0.05, 0.1) is 5.56 Å². The maximum Gasteiger partial charge on any atom is 0.255 e. The van der Waals surface area contributed by atoms with Crippen LogP contribution >= 0.6 is 0 Å². The Morgan fingerprint density at radius 1 is 1.38 bits per heavy atom. The fourth-order valence-corrected chi connectivity index (χ4v) is 3.41. The van der Waals surface area contributed by atoms with Crippen LogP contribution < -0.4 is 11.3 Å². The van der Waals surface area contributed by atoms with Gasteiger partial charge in [0.15, 0.2) is 0 Å². The van der Waals surface area contributed by atoms with Crippen LogP contribution in [0.4, 0.5) is 5.82 Å². The van der Waals surface area contributed by atoms with E-state index in [4.69, 9.17) is 5.84 Å². The fourth-order valence-electron chi connectivity index (χ4n) is 3.41.